The number of fused-ring (bicyclic) bond motifs is 1. The maximum Gasteiger partial charge on any atom is 0.248 e. The average Bonchev–Trinajstić information content (AvgIpc) is 2.78. The summed E-state index contributed by atoms with van der Waals surface area (Å²) in [7, 11) is 0. The topological polar surface area (TPSA) is 43.6 Å². The van der Waals surface area contributed by atoms with Crippen LogP contribution in [0, 0.1) is 6.92 Å². The summed E-state index contributed by atoms with van der Waals surface area (Å²) in [5, 5.41) is 0. The van der Waals surface area contributed by atoms with Crippen LogP contribution in [0.3, 0.4) is 0 Å². The number of hydrogen-bond donors (Lipinski definition) is 0. The molecule has 1 aromatic heterocycles. The molecule has 4 nitrogen and oxygen atoms in total. The molecule has 2 rings (SSSR count). The van der Waals surface area contributed by atoms with Crippen LogP contribution < -0.4 is 4.80 Å². The fraction of sp³-hybridized carbons (Fsp3) is 0.500. The molecular formula is C16H22N2O2S. The lowest BCUT2D eigenvalue weighted by molar-refractivity contribution is -0.118. The smallest absolute Gasteiger partial charge is 0.248 e. The Morgan fingerprint density at radius 1 is 1.38 bits per heavy atom. The number of nitrogens with zero attached hydrogens (tertiary/aromatic N) is 2. The normalized spacial score (nSPS) is 12.2. The van der Waals surface area contributed by atoms with Crippen LogP contribution in [0.2, 0.25) is 0 Å². The fourth-order valence-corrected chi connectivity index (χ4v) is 3.43. The van der Waals surface area contributed by atoms with Crippen LogP contribution in [0.5, 0.6) is 0 Å². The predicted molar refractivity (Wildman–Crippen MR) is 86.5 cm³/mol. The Kier molecular flexibility index (Phi) is 5.70. The van der Waals surface area contributed by atoms with Crippen molar-refractivity contribution in [3.05, 3.63) is 28.6 Å². The molecule has 1 aromatic carbocycles. The minimum atomic E-state index is -0.0492. The standard InChI is InChI=1S/C16H22N2O2S/c1-4-7-14(19)17-16-18(10-11-20-5-2)15-12(3)8-6-9-13(15)21-16/h6,8-9H,4-5,7,10-11H2,1-3H3. The van der Waals surface area contributed by atoms with E-state index >= 15 is 0 Å². The SMILES string of the molecule is CCCC(=O)N=c1sc2cccc(C)c2n1CCOCC. The van der Waals surface area contributed by atoms with Gasteiger partial charge in [0.15, 0.2) is 4.80 Å². The number of para-hydroxylation sites is 1. The minimum Gasteiger partial charge on any atom is -0.380 e. The summed E-state index contributed by atoms with van der Waals surface area (Å²) in [5.74, 6) is -0.0492. The third-order valence-corrected chi connectivity index (χ3v) is 4.29. The van der Waals surface area contributed by atoms with E-state index in [9.17, 15) is 4.79 Å². The van der Waals surface area contributed by atoms with Gasteiger partial charge < -0.3 is 9.30 Å². The lowest BCUT2D eigenvalue weighted by Gasteiger charge is -2.07. The van der Waals surface area contributed by atoms with E-state index in [1.165, 1.54) is 5.56 Å². The lowest BCUT2D eigenvalue weighted by Crippen LogP contribution is -2.20. The quantitative estimate of drug-likeness (QED) is 0.769. The summed E-state index contributed by atoms with van der Waals surface area (Å²) in [6.45, 7) is 8.11. The third kappa shape index (κ3) is 3.80. The van der Waals surface area contributed by atoms with Crippen molar-refractivity contribution < 1.29 is 9.53 Å². The number of carbonyl (C=O) groups is 1. The van der Waals surface area contributed by atoms with Crippen molar-refractivity contribution in [2.24, 2.45) is 4.99 Å². The molecule has 1 amide bonds. The van der Waals surface area contributed by atoms with Gasteiger partial charge in [0.25, 0.3) is 0 Å². The first-order chi connectivity index (χ1) is 10.2. The lowest BCUT2D eigenvalue weighted by atomic mass is 10.2. The highest BCUT2D eigenvalue weighted by atomic mass is 32.1. The number of carbonyl (C=O) groups excluding carboxylic acids is 1. The summed E-state index contributed by atoms with van der Waals surface area (Å²) < 4.78 is 8.73. The van der Waals surface area contributed by atoms with Crippen molar-refractivity contribution >= 4 is 27.5 Å². The van der Waals surface area contributed by atoms with Crippen LogP contribution in [-0.2, 0) is 16.1 Å². The predicted octanol–water partition coefficient (Wildman–Crippen LogP) is 3.28. The molecule has 0 unspecified atom stereocenters. The molecule has 0 bridgehead atoms. The average molecular weight is 306 g/mol. The number of rotatable bonds is 6. The van der Waals surface area contributed by atoms with Gasteiger partial charge in [0.1, 0.15) is 0 Å². The molecule has 0 radical (unpaired) electrons. The molecule has 0 saturated carbocycles. The van der Waals surface area contributed by atoms with E-state index in [1.54, 1.807) is 11.3 Å². The van der Waals surface area contributed by atoms with E-state index < -0.39 is 0 Å². The van der Waals surface area contributed by atoms with Gasteiger partial charge in [0.05, 0.1) is 16.8 Å². The maximum atomic E-state index is 11.9. The van der Waals surface area contributed by atoms with Crippen LogP contribution in [0.1, 0.15) is 32.3 Å². The Balaban J connectivity index is 2.50. The third-order valence-electron chi connectivity index (χ3n) is 3.25. The molecule has 0 aliphatic heterocycles. The molecule has 0 aliphatic carbocycles. The van der Waals surface area contributed by atoms with Crippen LogP contribution in [0.25, 0.3) is 10.2 Å². The second kappa shape index (κ2) is 7.52. The highest BCUT2D eigenvalue weighted by Crippen LogP contribution is 2.20. The van der Waals surface area contributed by atoms with Gasteiger partial charge in [-0.15, -0.1) is 0 Å². The molecule has 114 valence electrons. The van der Waals surface area contributed by atoms with E-state index in [1.807, 2.05) is 19.9 Å². The van der Waals surface area contributed by atoms with Crippen molar-refractivity contribution in [1.29, 1.82) is 0 Å². The van der Waals surface area contributed by atoms with E-state index in [-0.39, 0.29) is 5.91 Å². The van der Waals surface area contributed by atoms with E-state index in [0.717, 1.165) is 28.0 Å². The monoisotopic (exact) mass is 306 g/mol. The van der Waals surface area contributed by atoms with E-state index in [4.69, 9.17) is 4.74 Å². The van der Waals surface area contributed by atoms with Crippen LogP contribution in [0.4, 0.5) is 0 Å². The molecule has 21 heavy (non-hydrogen) atoms. The number of aryl methyl sites for hydroxylation is 1. The molecule has 0 fully saturated rings. The van der Waals surface area contributed by atoms with Crippen molar-refractivity contribution in [1.82, 2.24) is 4.57 Å². The van der Waals surface area contributed by atoms with Gasteiger partial charge in [-0.2, -0.15) is 4.99 Å². The van der Waals surface area contributed by atoms with Crippen LogP contribution >= 0.6 is 11.3 Å². The summed E-state index contributed by atoms with van der Waals surface area (Å²) in [6.07, 6.45) is 1.32. The van der Waals surface area contributed by atoms with Crippen LogP contribution in [-0.4, -0.2) is 23.7 Å². The Morgan fingerprint density at radius 2 is 2.19 bits per heavy atom. The number of benzene rings is 1. The molecular weight excluding hydrogens is 284 g/mol. The highest BCUT2D eigenvalue weighted by molar-refractivity contribution is 7.16. The molecule has 0 saturated heterocycles. The molecule has 1 heterocycles. The summed E-state index contributed by atoms with van der Waals surface area (Å²) in [6, 6.07) is 6.20. The Labute approximate surface area is 129 Å². The van der Waals surface area contributed by atoms with Crippen molar-refractivity contribution in [2.45, 2.75) is 40.2 Å². The van der Waals surface area contributed by atoms with Gasteiger partial charge in [-0.1, -0.05) is 30.4 Å². The first-order valence-corrected chi connectivity index (χ1v) is 8.23. The Hall–Kier alpha value is -1.46. The largest absolute Gasteiger partial charge is 0.380 e. The van der Waals surface area contributed by atoms with Gasteiger partial charge in [-0.05, 0) is 31.9 Å². The summed E-state index contributed by atoms with van der Waals surface area (Å²) >= 11 is 1.57. The van der Waals surface area contributed by atoms with Crippen molar-refractivity contribution in [2.75, 3.05) is 13.2 Å². The van der Waals surface area contributed by atoms with Crippen molar-refractivity contribution in [3.63, 3.8) is 0 Å². The number of aromatic nitrogens is 1. The first-order valence-electron chi connectivity index (χ1n) is 7.41. The number of thiazole rings is 1. The molecule has 2 aromatic rings. The Morgan fingerprint density at radius 3 is 2.90 bits per heavy atom. The van der Waals surface area contributed by atoms with Gasteiger partial charge in [-0.3, -0.25) is 4.79 Å². The van der Waals surface area contributed by atoms with Gasteiger partial charge in [-0.25, -0.2) is 0 Å². The minimum absolute atomic E-state index is 0.0492. The highest BCUT2D eigenvalue weighted by Gasteiger charge is 2.09. The molecule has 5 heteroatoms. The van der Waals surface area contributed by atoms with E-state index in [2.05, 4.69) is 28.6 Å². The second-order valence-corrected chi connectivity index (χ2v) is 5.92. The number of hydrogen-bond acceptors (Lipinski definition) is 3. The molecule has 0 atom stereocenters. The molecule has 0 spiro atoms. The number of ether oxygens (including phenoxy) is 1. The second-order valence-electron chi connectivity index (χ2n) is 4.91. The molecule has 0 N–H and O–H groups in total. The Bertz CT molecular complexity index is 685. The van der Waals surface area contributed by atoms with Gasteiger partial charge in [0.2, 0.25) is 5.91 Å². The van der Waals surface area contributed by atoms with Crippen molar-refractivity contribution in [3.8, 4) is 0 Å². The first kappa shape index (κ1) is 15.9. The van der Waals surface area contributed by atoms with E-state index in [0.29, 0.717) is 19.6 Å². The number of amides is 1. The summed E-state index contributed by atoms with van der Waals surface area (Å²) in [4.78, 5) is 16.9. The summed E-state index contributed by atoms with van der Waals surface area (Å²) in [5.41, 5.74) is 2.36. The van der Waals surface area contributed by atoms with Gasteiger partial charge in [0, 0.05) is 19.6 Å². The zero-order chi connectivity index (χ0) is 15.2. The van der Waals surface area contributed by atoms with Crippen LogP contribution in [0.15, 0.2) is 23.2 Å². The fourth-order valence-electron chi connectivity index (χ4n) is 2.28. The zero-order valence-electron chi connectivity index (χ0n) is 12.9. The zero-order valence-corrected chi connectivity index (χ0v) is 13.7. The molecule has 0 aliphatic rings. The maximum absolute atomic E-state index is 11.9. The van der Waals surface area contributed by atoms with Gasteiger partial charge >= 0.3 is 0 Å².